The van der Waals surface area contributed by atoms with E-state index in [2.05, 4.69) is 15.5 Å². The van der Waals surface area contributed by atoms with Crippen molar-refractivity contribution in [1.82, 2.24) is 14.5 Å². The van der Waals surface area contributed by atoms with Gasteiger partial charge in [-0.25, -0.2) is 9.59 Å². The first-order valence-electron chi connectivity index (χ1n) is 12.0. The summed E-state index contributed by atoms with van der Waals surface area (Å²) in [6.45, 7) is 3.94. The number of aryl methyl sites for hydroxylation is 2. The van der Waals surface area contributed by atoms with E-state index in [4.69, 9.17) is 4.74 Å². The van der Waals surface area contributed by atoms with Crippen molar-refractivity contribution in [3.05, 3.63) is 22.6 Å². The molecular weight excluding hydrogens is 422 g/mol. The summed E-state index contributed by atoms with van der Waals surface area (Å²) in [7, 11) is 3.50. The zero-order valence-electron chi connectivity index (χ0n) is 19.9. The van der Waals surface area contributed by atoms with Crippen LogP contribution < -0.4 is 21.2 Å². The number of ether oxygens (including phenoxy) is 1. The molecule has 1 aliphatic heterocycles. The molecule has 9 nitrogen and oxygen atoms in total. The lowest BCUT2D eigenvalue weighted by Crippen LogP contribution is -2.52. The Bertz CT molecular complexity index is 1090. The minimum absolute atomic E-state index is 0.102. The summed E-state index contributed by atoms with van der Waals surface area (Å²) in [5.41, 5.74) is 2.49. The first-order valence-corrected chi connectivity index (χ1v) is 12.0. The molecule has 1 aromatic carbocycles. The molecule has 0 bridgehead atoms. The molecule has 180 valence electrons. The van der Waals surface area contributed by atoms with Gasteiger partial charge < -0.3 is 20.3 Å². The quantitative estimate of drug-likeness (QED) is 0.649. The second-order valence-electron chi connectivity index (χ2n) is 9.35. The Balaban J connectivity index is 1.63. The highest BCUT2D eigenvalue weighted by Gasteiger charge is 2.36. The van der Waals surface area contributed by atoms with Crippen LogP contribution >= 0.6 is 0 Å². The first-order chi connectivity index (χ1) is 15.8. The molecule has 4 rings (SSSR count). The standard InChI is InChI=1S/C24H35N5O4/c1-4-33-21(30)16-24(10-6-5-7-11-24)26-22(31)25-17-14-19-20(28(3)23(32)27(19)2)15-18(17)29-12-8-9-13-29/h14-15H,4-13,16H2,1-3H3,(H2,25,26,31). The van der Waals surface area contributed by atoms with Crippen molar-refractivity contribution in [2.24, 2.45) is 14.1 Å². The number of amides is 2. The summed E-state index contributed by atoms with van der Waals surface area (Å²) in [4.78, 5) is 40.2. The Kier molecular flexibility index (Phi) is 6.67. The average molecular weight is 458 g/mol. The number of hydrogen-bond donors (Lipinski definition) is 2. The van der Waals surface area contributed by atoms with Crippen molar-refractivity contribution in [3.8, 4) is 0 Å². The van der Waals surface area contributed by atoms with Crippen LogP contribution in [0.15, 0.2) is 16.9 Å². The lowest BCUT2D eigenvalue weighted by Gasteiger charge is -2.37. The summed E-state index contributed by atoms with van der Waals surface area (Å²) in [5, 5.41) is 6.17. The van der Waals surface area contributed by atoms with Gasteiger partial charge in [-0.05, 0) is 44.7 Å². The molecular formula is C24H35N5O4. The molecule has 2 heterocycles. The predicted octanol–water partition coefficient (Wildman–Crippen LogP) is 3.25. The molecule has 1 aliphatic carbocycles. The van der Waals surface area contributed by atoms with Crippen molar-refractivity contribution in [3.63, 3.8) is 0 Å². The van der Waals surface area contributed by atoms with Gasteiger partial charge in [0, 0.05) is 27.2 Å². The normalized spacial score (nSPS) is 17.8. The number of carbonyl (C=O) groups is 2. The molecule has 1 aromatic heterocycles. The molecule has 0 radical (unpaired) electrons. The maximum Gasteiger partial charge on any atom is 0.328 e. The lowest BCUT2D eigenvalue weighted by atomic mass is 9.79. The fourth-order valence-corrected chi connectivity index (χ4v) is 5.31. The number of hydrogen-bond acceptors (Lipinski definition) is 5. The summed E-state index contributed by atoms with van der Waals surface area (Å²) >= 11 is 0. The van der Waals surface area contributed by atoms with Gasteiger partial charge in [-0.1, -0.05) is 19.3 Å². The van der Waals surface area contributed by atoms with Gasteiger partial charge in [-0.15, -0.1) is 0 Å². The fourth-order valence-electron chi connectivity index (χ4n) is 5.31. The van der Waals surface area contributed by atoms with Crippen molar-refractivity contribution in [1.29, 1.82) is 0 Å². The van der Waals surface area contributed by atoms with Crippen LogP contribution in [-0.4, -0.2) is 46.4 Å². The first kappa shape index (κ1) is 23.2. The van der Waals surface area contributed by atoms with Crippen LogP contribution in [0, 0.1) is 0 Å². The Morgan fingerprint density at radius 3 is 2.27 bits per heavy atom. The number of nitrogens with one attached hydrogen (secondary N) is 2. The summed E-state index contributed by atoms with van der Waals surface area (Å²) < 4.78 is 8.41. The van der Waals surface area contributed by atoms with E-state index in [0.717, 1.165) is 74.8 Å². The van der Waals surface area contributed by atoms with Crippen molar-refractivity contribution < 1.29 is 14.3 Å². The van der Waals surface area contributed by atoms with E-state index in [1.807, 2.05) is 12.1 Å². The molecule has 33 heavy (non-hydrogen) atoms. The number of carbonyl (C=O) groups excluding carboxylic acids is 2. The summed E-state index contributed by atoms with van der Waals surface area (Å²) in [6, 6.07) is 3.54. The van der Waals surface area contributed by atoms with Crippen LogP contribution in [0.25, 0.3) is 11.0 Å². The Morgan fingerprint density at radius 1 is 1.00 bits per heavy atom. The number of nitrogens with zero attached hydrogens (tertiary/aromatic N) is 3. The maximum atomic E-state index is 13.2. The van der Waals surface area contributed by atoms with Gasteiger partial charge in [-0.2, -0.15) is 0 Å². The van der Waals surface area contributed by atoms with Crippen molar-refractivity contribution in [2.45, 2.75) is 63.8 Å². The van der Waals surface area contributed by atoms with Gasteiger partial charge in [0.15, 0.2) is 0 Å². The van der Waals surface area contributed by atoms with Gasteiger partial charge >= 0.3 is 17.7 Å². The van der Waals surface area contributed by atoms with E-state index in [9.17, 15) is 14.4 Å². The molecule has 9 heteroatoms. The third-order valence-electron chi connectivity index (χ3n) is 7.06. The van der Waals surface area contributed by atoms with Crippen LogP contribution in [0.2, 0.25) is 0 Å². The van der Waals surface area contributed by atoms with Crippen LogP contribution in [-0.2, 0) is 23.6 Å². The molecule has 0 spiro atoms. The van der Waals surface area contributed by atoms with Crippen LogP contribution in [0.4, 0.5) is 16.2 Å². The number of esters is 1. The van der Waals surface area contributed by atoms with Crippen LogP contribution in [0.3, 0.4) is 0 Å². The molecule has 1 saturated carbocycles. The molecule has 2 fully saturated rings. The van der Waals surface area contributed by atoms with E-state index in [1.54, 1.807) is 30.2 Å². The number of aromatic nitrogens is 2. The Labute approximate surface area is 194 Å². The van der Waals surface area contributed by atoms with Crippen molar-refractivity contribution in [2.75, 3.05) is 29.9 Å². The third-order valence-corrected chi connectivity index (χ3v) is 7.06. The summed E-state index contributed by atoms with van der Waals surface area (Å²) in [6.07, 6.45) is 6.92. The number of fused-ring (bicyclic) bond motifs is 1. The number of benzene rings is 1. The largest absolute Gasteiger partial charge is 0.466 e. The molecule has 2 aromatic rings. The van der Waals surface area contributed by atoms with Crippen LogP contribution in [0.5, 0.6) is 0 Å². The van der Waals surface area contributed by atoms with Gasteiger partial charge in [0.25, 0.3) is 0 Å². The molecule has 2 amide bonds. The fraction of sp³-hybridized carbons (Fsp3) is 0.625. The smallest absolute Gasteiger partial charge is 0.328 e. The molecule has 2 aliphatic rings. The average Bonchev–Trinajstić information content (AvgIpc) is 3.38. The minimum atomic E-state index is -0.591. The molecule has 2 N–H and O–H groups in total. The van der Waals surface area contributed by atoms with Gasteiger partial charge in [0.1, 0.15) is 0 Å². The van der Waals surface area contributed by atoms with E-state index in [0.29, 0.717) is 12.3 Å². The predicted molar refractivity (Wildman–Crippen MR) is 129 cm³/mol. The van der Waals surface area contributed by atoms with E-state index in [-0.39, 0.29) is 24.1 Å². The number of urea groups is 1. The zero-order chi connectivity index (χ0) is 23.6. The monoisotopic (exact) mass is 457 g/mol. The maximum absolute atomic E-state index is 13.2. The zero-order valence-corrected chi connectivity index (χ0v) is 19.9. The molecule has 0 unspecified atom stereocenters. The highest BCUT2D eigenvalue weighted by atomic mass is 16.5. The highest BCUT2D eigenvalue weighted by Crippen LogP contribution is 2.35. The second-order valence-corrected chi connectivity index (χ2v) is 9.35. The van der Waals surface area contributed by atoms with E-state index < -0.39 is 5.54 Å². The molecule has 0 atom stereocenters. The Hall–Kier alpha value is -2.97. The van der Waals surface area contributed by atoms with Crippen LogP contribution in [0.1, 0.15) is 58.3 Å². The molecule has 1 saturated heterocycles. The number of imidazole rings is 1. The summed E-state index contributed by atoms with van der Waals surface area (Å²) in [5.74, 6) is -0.279. The Morgan fingerprint density at radius 2 is 1.64 bits per heavy atom. The van der Waals surface area contributed by atoms with Gasteiger partial charge in [0.2, 0.25) is 0 Å². The highest BCUT2D eigenvalue weighted by molar-refractivity contribution is 5.98. The number of rotatable bonds is 6. The minimum Gasteiger partial charge on any atom is -0.466 e. The topological polar surface area (TPSA) is 97.6 Å². The van der Waals surface area contributed by atoms with Gasteiger partial charge in [-0.3, -0.25) is 13.9 Å². The van der Waals surface area contributed by atoms with E-state index >= 15 is 0 Å². The third kappa shape index (κ3) is 4.72. The van der Waals surface area contributed by atoms with Crippen molar-refractivity contribution >= 4 is 34.4 Å². The van der Waals surface area contributed by atoms with E-state index in [1.165, 1.54) is 0 Å². The van der Waals surface area contributed by atoms with Gasteiger partial charge in [0.05, 0.1) is 41.0 Å². The second kappa shape index (κ2) is 9.49. The SMILES string of the molecule is CCOC(=O)CC1(NC(=O)Nc2cc3c(cc2N2CCCC2)n(C)c(=O)n3C)CCCCC1. The number of anilines is 2. The lowest BCUT2D eigenvalue weighted by molar-refractivity contribution is -0.145.